The second kappa shape index (κ2) is 9.00. The number of likely N-dealkylation sites (tertiary alicyclic amines) is 1. The number of H-pyrrole nitrogens is 1. The number of fused-ring (bicyclic) bond motifs is 1. The number of aromatic nitrogens is 2. The summed E-state index contributed by atoms with van der Waals surface area (Å²) < 4.78 is 28.7. The van der Waals surface area contributed by atoms with Crippen LogP contribution in [0.3, 0.4) is 0 Å². The number of nitrogens with one attached hydrogen (secondary N) is 2. The summed E-state index contributed by atoms with van der Waals surface area (Å²) in [6.45, 7) is 3.95. The number of benzene rings is 1. The van der Waals surface area contributed by atoms with E-state index in [9.17, 15) is 18.4 Å². The van der Waals surface area contributed by atoms with Gasteiger partial charge in [-0.3, -0.25) is 19.5 Å². The number of carbonyl (C=O) groups is 1. The van der Waals surface area contributed by atoms with Crippen molar-refractivity contribution in [3.05, 3.63) is 80.3 Å². The van der Waals surface area contributed by atoms with Crippen molar-refractivity contribution in [2.24, 2.45) is 0 Å². The number of hydrogen-bond donors (Lipinski definition) is 2. The van der Waals surface area contributed by atoms with Crippen molar-refractivity contribution in [1.29, 1.82) is 0 Å². The summed E-state index contributed by atoms with van der Waals surface area (Å²) in [6.07, 6.45) is 4.83. The molecule has 6 nitrogen and oxygen atoms in total. The molecule has 4 rings (SSSR count). The van der Waals surface area contributed by atoms with Gasteiger partial charge in [0, 0.05) is 44.0 Å². The lowest BCUT2D eigenvalue weighted by molar-refractivity contribution is 0.0958. The lowest BCUT2D eigenvalue weighted by Crippen LogP contribution is -2.20. The third kappa shape index (κ3) is 4.31. The van der Waals surface area contributed by atoms with Crippen molar-refractivity contribution < 1.29 is 13.6 Å². The molecule has 166 valence electrons. The van der Waals surface area contributed by atoms with Gasteiger partial charge >= 0.3 is 0 Å². The van der Waals surface area contributed by atoms with Gasteiger partial charge in [0.1, 0.15) is 0 Å². The van der Waals surface area contributed by atoms with Crippen molar-refractivity contribution in [2.75, 3.05) is 20.1 Å². The van der Waals surface area contributed by atoms with Crippen LogP contribution in [0.4, 0.5) is 8.78 Å². The van der Waals surface area contributed by atoms with Gasteiger partial charge in [-0.1, -0.05) is 24.6 Å². The zero-order valence-electron chi connectivity index (χ0n) is 18.0. The molecule has 0 bridgehead atoms. The summed E-state index contributed by atoms with van der Waals surface area (Å²) in [5, 5.41) is 2.30. The SMILES string of the molecule is CCc1cc2ncc(CN3CC/C(=C/c4ccc(C(=O)NC)c(F)c4F)C3)cc2[nH]c1=O. The Kier molecular flexibility index (Phi) is 6.14. The average molecular weight is 438 g/mol. The molecule has 0 spiro atoms. The van der Waals surface area contributed by atoms with Gasteiger partial charge in [-0.25, -0.2) is 8.78 Å². The monoisotopic (exact) mass is 438 g/mol. The standard InChI is InChI=1S/C24H24F2N4O2/c1-3-16-10-19-20(29-23(16)31)9-15(11-28-19)13-30-7-6-14(12-30)8-17-4-5-18(24(32)27-2)22(26)21(17)25/h4-5,8-11H,3,6-7,12-13H2,1-2H3,(H,27,32)(H,29,31)/b14-8-. The van der Waals surface area contributed by atoms with E-state index < -0.39 is 17.5 Å². The van der Waals surface area contributed by atoms with E-state index in [0.29, 0.717) is 30.6 Å². The minimum Gasteiger partial charge on any atom is -0.355 e. The van der Waals surface area contributed by atoms with E-state index in [2.05, 4.69) is 20.2 Å². The fourth-order valence-corrected chi connectivity index (χ4v) is 3.98. The summed E-state index contributed by atoms with van der Waals surface area (Å²) in [6, 6.07) is 6.46. The summed E-state index contributed by atoms with van der Waals surface area (Å²) in [5.74, 6) is -2.83. The minimum absolute atomic E-state index is 0.0953. The van der Waals surface area contributed by atoms with Crippen molar-refractivity contribution >= 4 is 23.0 Å². The van der Waals surface area contributed by atoms with Gasteiger partial charge < -0.3 is 10.3 Å². The Bertz CT molecular complexity index is 1280. The first-order valence-corrected chi connectivity index (χ1v) is 10.5. The van der Waals surface area contributed by atoms with E-state index >= 15 is 0 Å². The smallest absolute Gasteiger partial charge is 0.254 e. The number of amides is 1. The lowest BCUT2D eigenvalue weighted by Gasteiger charge is -2.14. The van der Waals surface area contributed by atoms with Gasteiger partial charge in [0.15, 0.2) is 11.6 Å². The molecule has 0 unspecified atom stereocenters. The van der Waals surface area contributed by atoms with Crippen LogP contribution in [0, 0.1) is 11.6 Å². The molecule has 1 fully saturated rings. The number of aromatic amines is 1. The van der Waals surface area contributed by atoms with Crippen LogP contribution in [-0.2, 0) is 13.0 Å². The van der Waals surface area contributed by atoms with Gasteiger partial charge in [0.05, 0.1) is 16.6 Å². The van der Waals surface area contributed by atoms with Gasteiger partial charge in [0.2, 0.25) is 0 Å². The summed E-state index contributed by atoms with van der Waals surface area (Å²) in [4.78, 5) is 33.3. The van der Waals surface area contributed by atoms with Gasteiger partial charge in [-0.2, -0.15) is 0 Å². The Balaban J connectivity index is 1.49. The highest BCUT2D eigenvalue weighted by Gasteiger charge is 2.20. The molecule has 2 aromatic heterocycles. The van der Waals surface area contributed by atoms with E-state index in [1.54, 1.807) is 12.3 Å². The maximum absolute atomic E-state index is 14.4. The lowest BCUT2D eigenvalue weighted by atomic mass is 10.1. The highest BCUT2D eigenvalue weighted by molar-refractivity contribution is 5.94. The first-order valence-electron chi connectivity index (χ1n) is 10.5. The summed E-state index contributed by atoms with van der Waals surface area (Å²) in [7, 11) is 1.37. The first kappa shape index (κ1) is 21.8. The zero-order chi connectivity index (χ0) is 22.8. The predicted octanol–water partition coefficient (Wildman–Crippen LogP) is 3.41. The second-order valence-corrected chi connectivity index (χ2v) is 7.93. The molecule has 1 saturated heterocycles. The molecule has 1 aromatic carbocycles. The van der Waals surface area contributed by atoms with Gasteiger partial charge in [-0.15, -0.1) is 0 Å². The molecule has 1 aliphatic rings. The molecule has 1 amide bonds. The molecule has 8 heteroatoms. The van der Waals surface area contributed by atoms with E-state index in [0.717, 1.165) is 29.6 Å². The molecule has 3 aromatic rings. The third-order valence-corrected chi connectivity index (χ3v) is 5.73. The molecular formula is C24H24F2N4O2. The normalized spacial score (nSPS) is 15.6. The van der Waals surface area contributed by atoms with Crippen molar-refractivity contribution in [2.45, 2.75) is 26.3 Å². The molecule has 0 radical (unpaired) electrons. The maximum atomic E-state index is 14.4. The van der Waals surface area contributed by atoms with Crippen LogP contribution in [-0.4, -0.2) is 40.9 Å². The molecule has 0 atom stereocenters. The molecule has 3 heterocycles. The largest absolute Gasteiger partial charge is 0.355 e. The van der Waals surface area contributed by atoms with E-state index in [1.165, 1.54) is 19.2 Å². The van der Waals surface area contributed by atoms with Crippen LogP contribution in [0.2, 0.25) is 0 Å². The first-order chi connectivity index (χ1) is 15.4. The second-order valence-electron chi connectivity index (χ2n) is 7.93. The number of nitrogens with zero attached hydrogens (tertiary/aromatic N) is 2. The number of hydrogen-bond acceptors (Lipinski definition) is 4. The Labute approximate surface area is 184 Å². The van der Waals surface area contributed by atoms with Crippen molar-refractivity contribution in [1.82, 2.24) is 20.2 Å². The van der Waals surface area contributed by atoms with Crippen LogP contribution in [0.5, 0.6) is 0 Å². The minimum atomic E-state index is -1.14. The van der Waals surface area contributed by atoms with Crippen LogP contribution >= 0.6 is 0 Å². The Morgan fingerprint density at radius 2 is 2.09 bits per heavy atom. The predicted molar refractivity (Wildman–Crippen MR) is 119 cm³/mol. The number of aryl methyl sites for hydroxylation is 1. The van der Waals surface area contributed by atoms with E-state index in [4.69, 9.17) is 0 Å². The fraction of sp³-hybridized carbons (Fsp3) is 0.292. The Morgan fingerprint density at radius 3 is 2.84 bits per heavy atom. The summed E-state index contributed by atoms with van der Waals surface area (Å²) >= 11 is 0. The Morgan fingerprint density at radius 1 is 1.28 bits per heavy atom. The highest BCUT2D eigenvalue weighted by atomic mass is 19.2. The molecule has 32 heavy (non-hydrogen) atoms. The molecule has 0 saturated carbocycles. The number of rotatable bonds is 5. The number of halogens is 2. The van der Waals surface area contributed by atoms with Crippen molar-refractivity contribution in [3.8, 4) is 0 Å². The van der Waals surface area contributed by atoms with E-state index in [1.807, 2.05) is 19.1 Å². The van der Waals surface area contributed by atoms with Crippen LogP contribution < -0.4 is 10.9 Å². The molecular weight excluding hydrogens is 414 g/mol. The average Bonchev–Trinajstić information content (AvgIpc) is 3.22. The number of pyridine rings is 2. The van der Waals surface area contributed by atoms with Gasteiger partial charge in [-0.05, 0) is 36.6 Å². The quantitative estimate of drug-likeness (QED) is 0.640. The topological polar surface area (TPSA) is 78.1 Å². The van der Waals surface area contributed by atoms with E-state index in [-0.39, 0.29) is 16.7 Å². The van der Waals surface area contributed by atoms with Crippen LogP contribution in [0.1, 0.15) is 40.4 Å². The van der Waals surface area contributed by atoms with Crippen molar-refractivity contribution in [3.63, 3.8) is 0 Å². The molecule has 1 aliphatic heterocycles. The molecule has 0 aliphatic carbocycles. The molecule has 2 N–H and O–H groups in total. The number of carbonyl (C=O) groups excluding carboxylic acids is 1. The summed E-state index contributed by atoms with van der Waals surface area (Å²) in [5.41, 5.74) is 3.83. The maximum Gasteiger partial charge on any atom is 0.254 e. The zero-order valence-corrected chi connectivity index (χ0v) is 18.0. The highest BCUT2D eigenvalue weighted by Crippen LogP contribution is 2.24. The van der Waals surface area contributed by atoms with Crippen LogP contribution in [0.15, 0.2) is 40.8 Å². The Hall–Kier alpha value is -3.39. The third-order valence-electron chi connectivity index (χ3n) is 5.73. The fourth-order valence-electron chi connectivity index (χ4n) is 3.98. The van der Waals surface area contributed by atoms with Gasteiger partial charge in [0.25, 0.3) is 11.5 Å². The van der Waals surface area contributed by atoms with Crippen LogP contribution in [0.25, 0.3) is 17.1 Å².